The molecule has 1 aliphatic rings. The molecule has 4 nitrogen and oxygen atoms in total. The molecule has 1 atom stereocenters. The molecule has 3 rings (SSSR count). The summed E-state index contributed by atoms with van der Waals surface area (Å²) in [5.41, 5.74) is 3.43. The number of benzene rings is 1. The first-order valence-electron chi connectivity index (χ1n) is 7.00. The smallest absolute Gasteiger partial charge is 0.124 e. The Morgan fingerprint density at radius 2 is 2.30 bits per heavy atom. The molecule has 0 aliphatic carbocycles. The number of hydrogen-bond acceptors (Lipinski definition) is 3. The van der Waals surface area contributed by atoms with Gasteiger partial charge in [0.15, 0.2) is 0 Å². The molecule has 20 heavy (non-hydrogen) atoms. The number of aryl methyl sites for hydroxylation is 1. The van der Waals surface area contributed by atoms with Gasteiger partial charge < -0.3 is 14.2 Å². The molecule has 2 heterocycles. The number of para-hydroxylation sites is 1. The van der Waals surface area contributed by atoms with Crippen molar-refractivity contribution in [3.63, 3.8) is 0 Å². The van der Waals surface area contributed by atoms with E-state index in [0.717, 1.165) is 37.6 Å². The van der Waals surface area contributed by atoms with Gasteiger partial charge in [-0.2, -0.15) is 0 Å². The lowest BCUT2D eigenvalue weighted by atomic mass is 10.2. The SMILES string of the molecule is Cc1cccc2nc(CCl)n(CC3CN(C)CCO3)c12. The number of alkyl halides is 1. The molecule has 0 radical (unpaired) electrons. The molecular formula is C15H20ClN3O. The quantitative estimate of drug-likeness (QED) is 0.814. The van der Waals surface area contributed by atoms with Gasteiger partial charge in [-0.25, -0.2) is 4.98 Å². The maximum Gasteiger partial charge on any atom is 0.124 e. The molecule has 0 amide bonds. The number of rotatable bonds is 3. The van der Waals surface area contributed by atoms with E-state index in [9.17, 15) is 0 Å². The van der Waals surface area contributed by atoms with Crippen molar-refractivity contribution >= 4 is 22.6 Å². The lowest BCUT2D eigenvalue weighted by Crippen LogP contribution is -2.42. The fraction of sp³-hybridized carbons (Fsp3) is 0.533. The first-order valence-corrected chi connectivity index (χ1v) is 7.53. The summed E-state index contributed by atoms with van der Waals surface area (Å²) >= 11 is 6.07. The standard InChI is InChI=1S/C15H20ClN3O/c1-11-4-3-5-13-15(11)19(14(8-16)17-13)10-12-9-18(2)6-7-20-12/h3-5,12H,6-10H2,1-2H3. The Bertz CT molecular complexity index is 610. The summed E-state index contributed by atoms with van der Waals surface area (Å²) in [6.07, 6.45) is 0.202. The van der Waals surface area contributed by atoms with Crippen LogP contribution in [0.25, 0.3) is 11.0 Å². The van der Waals surface area contributed by atoms with E-state index in [2.05, 4.69) is 34.5 Å². The van der Waals surface area contributed by atoms with Gasteiger partial charge in [-0.05, 0) is 25.6 Å². The third-order valence-corrected chi connectivity index (χ3v) is 4.13. The zero-order valence-electron chi connectivity index (χ0n) is 12.0. The number of likely N-dealkylation sites (N-methyl/N-ethyl adjacent to an activating group) is 1. The van der Waals surface area contributed by atoms with E-state index in [0.29, 0.717) is 5.88 Å². The number of aromatic nitrogens is 2. The molecule has 1 aromatic carbocycles. The summed E-state index contributed by atoms with van der Waals surface area (Å²) < 4.78 is 8.10. The predicted octanol–water partition coefficient (Wildman–Crippen LogP) is 2.41. The summed E-state index contributed by atoms with van der Waals surface area (Å²) in [6.45, 7) is 5.68. The van der Waals surface area contributed by atoms with Gasteiger partial charge in [0.1, 0.15) is 5.82 Å². The van der Waals surface area contributed by atoms with Crippen LogP contribution in [-0.2, 0) is 17.2 Å². The van der Waals surface area contributed by atoms with Crippen LogP contribution in [0.2, 0.25) is 0 Å². The third kappa shape index (κ3) is 2.55. The van der Waals surface area contributed by atoms with Gasteiger partial charge in [-0.3, -0.25) is 0 Å². The molecule has 0 N–H and O–H groups in total. The van der Waals surface area contributed by atoms with Gasteiger partial charge in [0, 0.05) is 13.1 Å². The van der Waals surface area contributed by atoms with Crippen LogP contribution in [0, 0.1) is 6.92 Å². The molecule has 1 saturated heterocycles. The summed E-state index contributed by atoms with van der Waals surface area (Å²) in [7, 11) is 2.13. The van der Waals surface area contributed by atoms with Crippen molar-refractivity contribution in [1.29, 1.82) is 0 Å². The van der Waals surface area contributed by atoms with Crippen molar-refractivity contribution < 1.29 is 4.74 Å². The van der Waals surface area contributed by atoms with Crippen LogP contribution < -0.4 is 0 Å². The summed E-state index contributed by atoms with van der Waals surface area (Å²) in [5, 5.41) is 0. The van der Waals surface area contributed by atoms with E-state index in [1.165, 1.54) is 11.1 Å². The Hall–Kier alpha value is -1.10. The van der Waals surface area contributed by atoms with Crippen molar-refractivity contribution in [2.45, 2.75) is 25.5 Å². The highest BCUT2D eigenvalue weighted by Gasteiger charge is 2.21. The summed E-state index contributed by atoms with van der Waals surface area (Å²) in [5.74, 6) is 1.35. The number of morpholine rings is 1. The van der Waals surface area contributed by atoms with Crippen LogP contribution in [0.15, 0.2) is 18.2 Å². The van der Waals surface area contributed by atoms with E-state index in [-0.39, 0.29) is 6.10 Å². The van der Waals surface area contributed by atoms with Crippen LogP contribution in [0.4, 0.5) is 0 Å². The fourth-order valence-corrected chi connectivity index (χ4v) is 3.10. The second kappa shape index (κ2) is 5.72. The highest BCUT2D eigenvalue weighted by Crippen LogP contribution is 2.22. The van der Waals surface area contributed by atoms with E-state index >= 15 is 0 Å². The molecular weight excluding hydrogens is 274 g/mol. The van der Waals surface area contributed by atoms with Crippen LogP contribution in [-0.4, -0.2) is 47.3 Å². The van der Waals surface area contributed by atoms with Gasteiger partial charge in [0.2, 0.25) is 0 Å². The third-order valence-electron chi connectivity index (χ3n) is 3.90. The Kier molecular flexibility index (Phi) is 3.96. The molecule has 0 bridgehead atoms. The van der Waals surface area contributed by atoms with Crippen molar-refractivity contribution in [2.75, 3.05) is 26.7 Å². The molecule has 0 spiro atoms. The van der Waals surface area contributed by atoms with Gasteiger partial charge >= 0.3 is 0 Å². The van der Waals surface area contributed by atoms with Crippen molar-refractivity contribution in [2.24, 2.45) is 0 Å². The van der Waals surface area contributed by atoms with Gasteiger partial charge in [-0.15, -0.1) is 11.6 Å². The monoisotopic (exact) mass is 293 g/mol. The van der Waals surface area contributed by atoms with E-state index in [4.69, 9.17) is 16.3 Å². The molecule has 1 aromatic heterocycles. The predicted molar refractivity (Wildman–Crippen MR) is 81.3 cm³/mol. The number of fused-ring (bicyclic) bond motifs is 1. The van der Waals surface area contributed by atoms with E-state index in [1.807, 2.05) is 12.1 Å². The van der Waals surface area contributed by atoms with Crippen LogP contribution in [0.1, 0.15) is 11.4 Å². The maximum atomic E-state index is 6.07. The second-order valence-corrected chi connectivity index (χ2v) is 5.74. The first kappa shape index (κ1) is 13.9. The minimum absolute atomic E-state index is 0.202. The first-order chi connectivity index (χ1) is 9.69. The summed E-state index contributed by atoms with van der Waals surface area (Å²) in [6, 6.07) is 6.20. The van der Waals surface area contributed by atoms with Crippen molar-refractivity contribution in [3.05, 3.63) is 29.6 Å². The molecule has 1 unspecified atom stereocenters. The summed E-state index contributed by atoms with van der Waals surface area (Å²) in [4.78, 5) is 6.94. The van der Waals surface area contributed by atoms with Crippen molar-refractivity contribution in [3.8, 4) is 0 Å². The fourth-order valence-electron chi connectivity index (χ4n) is 2.89. The molecule has 0 saturated carbocycles. The molecule has 5 heteroatoms. The Labute approximate surface area is 124 Å². The van der Waals surface area contributed by atoms with E-state index < -0.39 is 0 Å². The Morgan fingerprint density at radius 1 is 1.45 bits per heavy atom. The number of halogens is 1. The maximum absolute atomic E-state index is 6.07. The van der Waals surface area contributed by atoms with Crippen LogP contribution >= 0.6 is 11.6 Å². The minimum Gasteiger partial charge on any atom is -0.374 e. The lowest BCUT2D eigenvalue weighted by molar-refractivity contribution is -0.0272. The highest BCUT2D eigenvalue weighted by atomic mass is 35.5. The normalized spacial score (nSPS) is 20.6. The largest absolute Gasteiger partial charge is 0.374 e. The molecule has 108 valence electrons. The molecule has 2 aromatic rings. The van der Waals surface area contributed by atoms with Crippen LogP contribution in [0.3, 0.4) is 0 Å². The van der Waals surface area contributed by atoms with E-state index in [1.54, 1.807) is 0 Å². The molecule has 1 aliphatic heterocycles. The van der Waals surface area contributed by atoms with Gasteiger partial charge in [0.25, 0.3) is 0 Å². The number of hydrogen-bond donors (Lipinski definition) is 0. The molecule has 1 fully saturated rings. The van der Waals surface area contributed by atoms with Crippen molar-refractivity contribution in [1.82, 2.24) is 14.5 Å². The Morgan fingerprint density at radius 3 is 3.05 bits per heavy atom. The zero-order chi connectivity index (χ0) is 14.1. The average molecular weight is 294 g/mol. The Balaban J connectivity index is 1.97. The number of imidazole rings is 1. The topological polar surface area (TPSA) is 30.3 Å². The lowest BCUT2D eigenvalue weighted by Gasteiger charge is -2.30. The zero-order valence-corrected chi connectivity index (χ0v) is 12.7. The van der Waals surface area contributed by atoms with Crippen LogP contribution in [0.5, 0.6) is 0 Å². The second-order valence-electron chi connectivity index (χ2n) is 5.47. The van der Waals surface area contributed by atoms with Gasteiger partial charge in [-0.1, -0.05) is 12.1 Å². The average Bonchev–Trinajstić information content (AvgIpc) is 2.78. The number of nitrogens with zero attached hydrogens (tertiary/aromatic N) is 3. The number of ether oxygens (including phenoxy) is 1. The minimum atomic E-state index is 0.202. The highest BCUT2D eigenvalue weighted by molar-refractivity contribution is 6.16. The van der Waals surface area contributed by atoms with Gasteiger partial charge in [0.05, 0.1) is 36.2 Å².